The fourth-order valence-electron chi connectivity index (χ4n) is 2.77. The third kappa shape index (κ3) is 4.20. The van der Waals surface area contributed by atoms with Gasteiger partial charge in [-0.05, 0) is 12.1 Å². The number of carbonyl (C=O) groups is 1. The van der Waals surface area contributed by atoms with Gasteiger partial charge in [-0.3, -0.25) is 4.57 Å². The Morgan fingerprint density at radius 1 is 1.24 bits per heavy atom. The van der Waals surface area contributed by atoms with Crippen molar-refractivity contribution in [1.82, 2.24) is 24.3 Å². The average Bonchev–Trinajstić information content (AvgIpc) is 3.29. The molecule has 150 valence electrons. The number of benzene rings is 1. The average molecular weight is 401 g/mol. The monoisotopic (exact) mass is 401 g/mol. The second kappa shape index (κ2) is 8.29. The van der Waals surface area contributed by atoms with E-state index in [9.17, 15) is 14.0 Å². The van der Waals surface area contributed by atoms with Crippen molar-refractivity contribution in [1.29, 1.82) is 0 Å². The smallest absolute Gasteiger partial charge is 0.350 e. The number of esters is 1. The van der Waals surface area contributed by atoms with Crippen molar-refractivity contribution < 1.29 is 23.4 Å². The van der Waals surface area contributed by atoms with Crippen LogP contribution >= 0.6 is 0 Å². The Labute approximate surface area is 163 Å². The maximum absolute atomic E-state index is 14.3. The lowest BCUT2D eigenvalue weighted by Crippen LogP contribution is -2.41. The molecule has 3 heterocycles. The van der Waals surface area contributed by atoms with Crippen LogP contribution in [0.25, 0.3) is 5.82 Å². The van der Waals surface area contributed by atoms with E-state index in [1.54, 1.807) is 30.3 Å². The Morgan fingerprint density at radius 2 is 2.00 bits per heavy atom. The van der Waals surface area contributed by atoms with Gasteiger partial charge in [-0.2, -0.15) is 14.8 Å². The summed E-state index contributed by atoms with van der Waals surface area (Å²) in [5.74, 6) is -1.48. The van der Waals surface area contributed by atoms with Crippen molar-refractivity contribution in [3.63, 3.8) is 0 Å². The van der Waals surface area contributed by atoms with Gasteiger partial charge in [-0.15, -0.1) is 0 Å². The summed E-state index contributed by atoms with van der Waals surface area (Å²) < 4.78 is 32.7. The molecule has 1 aromatic carbocycles. The zero-order valence-electron chi connectivity index (χ0n) is 15.1. The minimum Gasteiger partial charge on any atom is -0.457 e. The molecule has 0 atom stereocenters. The molecular weight excluding hydrogens is 385 g/mol. The largest absolute Gasteiger partial charge is 0.457 e. The Balaban J connectivity index is 1.35. The Morgan fingerprint density at radius 3 is 2.69 bits per heavy atom. The summed E-state index contributed by atoms with van der Waals surface area (Å²) in [6, 6.07) is 7.95. The highest BCUT2D eigenvalue weighted by Gasteiger charge is 2.26. The summed E-state index contributed by atoms with van der Waals surface area (Å²) in [6.07, 6.45) is 2.70. The second-order valence-corrected chi connectivity index (χ2v) is 6.16. The van der Waals surface area contributed by atoms with E-state index in [1.807, 2.05) is 0 Å². The molecule has 3 aromatic rings. The van der Waals surface area contributed by atoms with Gasteiger partial charge in [0.2, 0.25) is 0 Å². The first-order chi connectivity index (χ1) is 14.1. The molecule has 10 nitrogen and oxygen atoms in total. The molecule has 0 radical (unpaired) electrons. The van der Waals surface area contributed by atoms with Crippen LogP contribution in [0, 0.1) is 5.82 Å². The van der Waals surface area contributed by atoms with E-state index in [2.05, 4.69) is 15.1 Å². The van der Waals surface area contributed by atoms with Crippen molar-refractivity contribution in [3.8, 4) is 5.82 Å². The summed E-state index contributed by atoms with van der Waals surface area (Å²) in [4.78, 5) is 31.6. The molecule has 29 heavy (non-hydrogen) atoms. The van der Waals surface area contributed by atoms with Crippen LogP contribution in [0.15, 0.2) is 54.0 Å². The van der Waals surface area contributed by atoms with E-state index in [0.29, 0.717) is 5.56 Å². The number of hydrogen-bond acceptors (Lipinski definition) is 8. The highest BCUT2D eigenvalue weighted by atomic mass is 19.1. The minimum atomic E-state index is -0.776. The number of rotatable bonds is 5. The fraction of sp³-hybridized carbons (Fsp3) is 0.278. The van der Waals surface area contributed by atoms with Gasteiger partial charge in [0.1, 0.15) is 19.3 Å². The maximum atomic E-state index is 14.3. The van der Waals surface area contributed by atoms with Gasteiger partial charge in [0.05, 0.1) is 24.8 Å². The lowest BCUT2D eigenvalue weighted by atomic mass is 10.2. The Bertz CT molecular complexity index is 1030. The van der Waals surface area contributed by atoms with Crippen molar-refractivity contribution in [2.24, 2.45) is 0 Å². The van der Waals surface area contributed by atoms with Crippen molar-refractivity contribution in [2.75, 3.05) is 19.8 Å². The summed E-state index contributed by atoms with van der Waals surface area (Å²) in [5, 5.41) is 3.76. The standard InChI is InChI=1S/C18H16FN5O5/c19-14-6-23(18(26)22-16(14)24-11-20-10-21-24)13-7-27-15(28-8-13)9-29-17(25)12-4-2-1-3-5-12/h1-6,10-11,13,15H,7-9H2. The molecule has 1 fully saturated rings. The fourth-order valence-corrected chi connectivity index (χ4v) is 2.77. The van der Waals surface area contributed by atoms with E-state index in [1.165, 1.54) is 12.7 Å². The zero-order chi connectivity index (χ0) is 20.2. The van der Waals surface area contributed by atoms with Gasteiger partial charge < -0.3 is 14.2 Å². The molecule has 0 saturated carbocycles. The van der Waals surface area contributed by atoms with E-state index in [-0.39, 0.29) is 25.6 Å². The van der Waals surface area contributed by atoms with Crippen LogP contribution in [0.3, 0.4) is 0 Å². The van der Waals surface area contributed by atoms with E-state index in [4.69, 9.17) is 14.2 Å². The number of ether oxygens (including phenoxy) is 3. The van der Waals surface area contributed by atoms with Crippen LogP contribution in [-0.4, -0.2) is 56.4 Å². The topological polar surface area (TPSA) is 110 Å². The molecule has 0 unspecified atom stereocenters. The number of aromatic nitrogens is 5. The molecule has 4 rings (SSSR count). The van der Waals surface area contributed by atoms with Gasteiger partial charge in [-0.1, -0.05) is 18.2 Å². The van der Waals surface area contributed by atoms with Crippen LogP contribution < -0.4 is 5.69 Å². The molecule has 1 aliphatic rings. The van der Waals surface area contributed by atoms with E-state index < -0.39 is 29.8 Å². The lowest BCUT2D eigenvalue weighted by Gasteiger charge is -2.30. The third-order valence-corrected chi connectivity index (χ3v) is 4.23. The summed E-state index contributed by atoms with van der Waals surface area (Å²) in [5.41, 5.74) is -0.259. The summed E-state index contributed by atoms with van der Waals surface area (Å²) >= 11 is 0. The molecule has 0 spiro atoms. The molecule has 1 saturated heterocycles. The van der Waals surface area contributed by atoms with Gasteiger partial charge in [0.15, 0.2) is 17.9 Å². The first kappa shape index (κ1) is 18.9. The predicted octanol–water partition coefficient (Wildman–Crippen LogP) is 0.734. The van der Waals surface area contributed by atoms with Crippen LogP contribution in [0.2, 0.25) is 0 Å². The van der Waals surface area contributed by atoms with Gasteiger partial charge >= 0.3 is 11.7 Å². The van der Waals surface area contributed by atoms with Gasteiger partial charge in [0, 0.05) is 6.20 Å². The number of nitrogens with zero attached hydrogens (tertiary/aromatic N) is 5. The Hall–Kier alpha value is -3.44. The molecule has 0 bridgehead atoms. The maximum Gasteiger partial charge on any atom is 0.350 e. The van der Waals surface area contributed by atoms with Gasteiger partial charge in [0.25, 0.3) is 0 Å². The van der Waals surface area contributed by atoms with E-state index >= 15 is 0 Å². The first-order valence-electron chi connectivity index (χ1n) is 8.71. The SMILES string of the molecule is O=C(OCC1OCC(n2cc(F)c(-n3cncn3)nc2=O)CO1)c1ccccc1. The number of hydrogen-bond donors (Lipinski definition) is 0. The van der Waals surface area contributed by atoms with Crippen LogP contribution in [0.4, 0.5) is 4.39 Å². The number of carbonyl (C=O) groups excluding carboxylic acids is 1. The normalized spacial score (nSPS) is 19.1. The molecule has 0 N–H and O–H groups in total. The van der Waals surface area contributed by atoms with Crippen molar-refractivity contribution in [2.45, 2.75) is 12.3 Å². The molecule has 0 aliphatic carbocycles. The van der Waals surface area contributed by atoms with Crippen LogP contribution in [-0.2, 0) is 14.2 Å². The molecule has 1 aliphatic heterocycles. The zero-order valence-corrected chi connectivity index (χ0v) is 15.1. The highest BCUT2D eigenvalue weighted by molar-refractivity contribution is 5.89. The van der Waals surface area contributed by atoms with Crippen molar-refractivity contribution >= 4 is 5.97 Å². The Kier molecular flexibility index (Phi) is 5.40. The lowest BCUT2D eigenvalue weighted by molar-refractivity contribution is -0.211. The number of halogens is 1. The first-order valence-corrected chi connectivity index (χ1v) is 8.71. The minimum absolute atomic E-state index is 0.0667. The second-order valence-electron chi connectivity index (χ2n) is 6.16. The third-order valence-electron chi connectivity index (χ3n) is 4.23. The van der Waals surface area contributed by atoms with E-state index in [0.717, 1.165) is 15.4 Å². The highest BCUT2D eigenvalue weighted by Crippen LogP contribution is 2.17. The molecule has 11 heteroatoms. The summed E-state index contributed by atoms with van der Waals surface area (Å²) in [6.45, 7) is 0.0295. The van der Waals surface area contributed by atoms with Crippen LogP contribution in [0.1, 0.15) is 16.4 Å². The van der Waals surface area contributed by atoms with Crippen molar-refractivity contribution in [3.05, 3.63) is 71.0 Å². The molecular formula is C18H16FN5O5. The summed E-state index contributed by atoms with van der Waals surface area (Å²) in [7, 11) is 0. The quantitative estimate of drug-likeness (QED) is 0.576. The predicted molar refractivity (Wildman–Crippen MR) is 94.8 cm³/mol. The van der Waals surface area contributed by atoms with Crippen LogP contribution in [0.5, 0.6) is 0 Å². The van der Waals surface area contributed by atoms with Gasteiger partial charge in [-0.25, -0.2) is 19.0 Å². The molecule has 2 aromatic heterocycles. The molecule has 0 amide bonds.